The van der Waals surface area contributed by atoms with Gasteiger partial charge < -0.3 is 16.4 Å². The van der Waals surface area contributed by atoms with Gasteiger partial charge in [0.1, 0.15) is 0 Å². The summed E-state index contributed by atoms with van der Waals surface area (Å²) in [4.78, 5) is 18.0. The van der Waals surface area contributed by atoms with Crippen LogP contribution in [0.4, 0.5) is 11.4 Å². The van der Waals surface area contributed by atoms with Crippen LogP contribution in [0.1, 0.15) is 17.8 Å². The van der Waals surface area contributed by atoms with Gasteiger partial charge >= 0.3 is 0 Å². The first-order valence-electron chi connectivity index (χ1n) is 6.75. The first-order chi connectivity index (χ1) is 9.54. The Kier molecular flexibility index (Phi) is 3.25. The number of thiazole rings is 1. The zero-order valence-corrected chi connectivity index (χ0v) is 12.2. The second-order valence-corrected chi connectivity index (χ2v) is 6.53. The molecule has 20 heavy (non-hydrogen) atoms. The molecule has 6 heteroatoms. The number of hydrogen-bond acceptors (Lipinski definition) is 5. The van der Waals surface area contributed by atoms with Crippen LogP contribution in [0.2, 0.25) is 0 Å². The molecule has 1 aliphatic rings. The molecule has 1 fully saturated rings. The van der Waals surface area contributed by atoms with E-state index in [-0.39, 0.29) is 11.8 Å². The molecule has 1 aromatic heterocycles. The number of piperidine rings is 1. The second-order valence-electron chi connectivity index (χ2n) is 5.30. The number of nitrogen functional groups attached to an aromatic ring is 1. The third kappa shape index (κ3) is 2.31. The molecule has 1 aliphatic heterocycles. The lowest BCUT2D eigenvalue weighted by atomic mass is 9.97. The van der Waals surface area contributed by atoms with Crippen LogP contribution in [0.5, 0.6) is 0 Å². The van der Waals surface area contributed by atoms with Crippen molar-refractivity contribution in [1.29, 1.82) is 0 Å². The highest BCUT2D eigenvalue weighted by Gasteiger charge is 2.25. The Balaban J connectivity index is 1.96. The number of aryl methyl sites for hydroxylation is 1. The normalized spacial score (nSPS) is 19.4. The Morgan fingerprint density at radius 1 is 1.50 bits per heavy atom. The van der Waals surface area contributed by atoms with E-state index in [1.807, 2.05) is 19.1 Å². The predicted octanol–water partition coefficient (Wildman–Crippen LogP) is 1.89. The summed E-state index contributed by atoms with van der Waals surface area (Å²) in [5.74, 6) is -0.310. The highest BCUT2D eigenvalue weighted by atomic mass is 32.1. The van der Waals surface area contributed by atoms with Crippen molar-refractivity contribution in [2.45, 2.75) is 19.8 Å². The molecule has 1 amide bonds. The lowest BCUT2D eigenvalue weighted by molar-refractivity contribution is -0.122. The van der Waals surface area contributed by atoms with E-state index in [1.54, 1.807) is 11.3 Å². The van der Waals surface area contributed by atoms with Crippen molar-refractivity contribution in [2.75, 3.05) is 23.7 Å². The number of fused-ring (bicyclic) bond motifs is 1. The van der Waals surface area contributed by atoms with Gasteiger partial charge in [-0.3, -0.25) is 4.79 Å². The standard InChI is InChI=1S/C14H18N4OS/c1-8-17-11-6-12(10(15)5-13(11)20-8)18-4-2-3-9(7-18)14(16)19/h5-6,9H,2-4,7,15H2,1H3,(H2,16,19). The highest BCUT2D eigenvalue weighted by molar-refractivity contribution is 7.18. The van der Waals surface area contributed by atoms with Crippen LogP contribution >= 0.6 is 11.3 Å². The molecule has 1 saturated heterocycles. The third-order valence-corrected chi connectivity index (χ3v) is 4.74. The summed E-state index contributed by atoms with van der Waals surface area (Å²) in [6.07, 6.45) is 1.82. The molecular formula is C14H18N4OS. The van der Waals surface area contributed by atoms with E-state index in [0.717, 1.165) is 46.0 Å². The van der Waals surface area contributed by atoms with E-state index in [9.17, 15) is 4.79 Å². The molecule has 0 aliphatic carbocycles. The zero-order valence-electron chi connectivity index (χ0n) is 11.4. The van der Waals surface area contributed by atoms with E-state index < -0.39 is 0 Å². The summed E-state index contributed by atoms with van der Waals surface area (Å²) >= 11 is 1.64. The molecule has 2 heterocycles. The lowest BCUT2D eigenvalue weighted by Crippen LogP contribution is -2.41. The minimum atomic E-state index is -0.223. The van der Waals surface area contributed by atoms with Crippen molar-refractivity contribution < 1.29 is 4.79 Å². The molecule has 2 aromatic rings. The number of benzene rings is 1. The maximum atomic E-state index is 11.4. The van der Waals surface area contributed by atoms with E-state index in [1.165, 1.54) is 0 Å². The van der Waals surface area contributed by atoms with Gasteiger partial charge in [-0.2, -0.15) is 0 Å². The fourth-order valence-electron chi connectivity index (χ4n) is 2.80. The molecule has 5 nitrogen and oxygen atoms in total. The molecular weight excluding hydrogens is 272 g/mol. The number of primary amides is 1. The minimum Gasteiger partial charge on any atom is -0.397 e. The van der Waals surface area contributed by atoms with Gasteiger partial charge in [0.2, 0.25) is 5.91 Å². The average molecular weight is 290 g/mol. The molecule has 3 rings (SSSR count). The quantitative estimate of drug-likeness (QED) is 0.827. The Morgan fingerprint density at radius 2 is 2.30 bits per heavy atom. The number of rotatable bonds is 2. The first-order valence-corrected chi connectivity index (χ1v) is 7.57. The number of carbonyl (C=O) groups is 1. The highest BCUT2D eigenvalue weighted by Crippen LogP contribution is 2.34. The van der Waals surface area contributed by atoms with Crippen molar-refractivity contribution in [1.82, 2.24) is 4.98 Å². The van der Waals surface area contributed by atoms with Crippen LogP contribution in [0.3, 0.4) is 0 Å². The van der Waals surface area contributed by atoms with E-state index in [2.05, 4.69) is 9.88 Å². The predicted molar refractivity (Wildman–Crippen MR) is 82.9 cm³/mol. The number of carbonyl (C=O) groups excluding carboxylic acids is 1. The van der Waals surface area contributed by atoms with Gasteiger partial charge in [-0.25, -0.2) is 4.98 Å². The number of amides is 1. The Bertz CT molecular complexity index is 666. The molecule has 0 bridgehead atoms. The maximum absolute atomic E-state index is 11.4. The molecule has 0 spiro atoms. The zero-order chi connectivity index (χ0) is 14.3. The number of nitrogens with two attached hydrogens (primary N) is 2. The van der Waals surface area contributed by atoms with Crippen LogP contribution in [-0.2, 0) is 4.79 Å². The Morgan fingerprint density at radius 3 is 3.05 bits per heavy atom. The first kappa shape index (κ1) is 13.2. The molecule has 1 unspecified atom stereocenters. The third-order valence-electron chi connectivity index (χ3n) is 3.81. The topological polar surface area (TPSA) is 85.2 Å². The van der Waals surface area contributed by atoms with Crippen LogP contribution in [-0.4, -0.2) is 24.0 Å². The van der Waals surface area contributed by atoms with E-state index in [4.69, 9.17) is 11.5 Å². The van der Waals surface area contributed by atoms with Gasteiger partial charge in [0.25, 0.3) is 0 Å². The summed E-state index contributed by atoms with van der Waals surface area (Å²) < 4.78 is 1.10. The van der Waals surface area contributed by atoms with Crippen LogP contribution < -0.4 is 16.4 Å². The van der Waals surface area contributed by atoms with E-state index in [0.29, 0.717) is 6.54 Å². The molecule has 0 saturated carbocycles. The summed E-state index contributed by atoms with van der Waals surface area (Å²) in [6, 6.07) is 4.00. The van der Waals surface area contributed by atoms with Gasteiger partial charge in [-0.1, -0.05) is 0 Å². The van der Waals surface area contributed by atoms with Crippen molar-refractivity contribution in [2.24, 2.45) is 11.7 Å². The second kappa shape index (κ2) is 4.94. The maximum Gasteiger partial charge on any atom is 0.222 e. The Hall–Kier alpha value is -1.82. The van der Waals surface area contributed by atoms with Crippen molar-refractivity contribution >= 4 is 38.8 Å². The molecule has 1 atom stereocenters. The number of nitrogens with zero attached hydrogens (tertiary/aromatic N) is 2. The summed E-state index contributed by atoms with van der Waals surface area (Å²) in [5.41, 5.74) is 14.3. The van der Waals surface area contributed by atoms with Crippen LogP contribution in [0, 0.1) is 12.8 Å². The number of anilines is 2. The van der Waals surface area contributed by atoms with Crippen molar-refractivity contribution in [3.8, 4) is 0 Å². The van der Waals surface area contributed by atoms with Crippen molar-refractivity contribution in [3.05, 3.63) is 17.1 Å². The monoisotopic (exact) mass is 290 g/mol. The summed E-state index contributed by atoms with van der Waals surface area (Å²) in [5, 5.41) is 1.03. The van der Waals surface area contributed by atoms with Crippen LogP contribution in [0.15, 0.2) is 12.1 Å². The smallest absolute Gasteiger partial charge is 0.222 e. The number of aromatic nitrogens is 1. The average Bonchev–Trinajstić information content (AvgIpc) is 2.77. The fourth-order valence-corrected chi connectivity index (χ4v) is 3.65. The van der Waals surface area contributed by atoms with Gasteiger partial charge in [-0.05, 0) is 31.9 Å². The Labute approximate surface area is 121 Å². The molecule has 106 valence electrons. The SMILES string of the molecule is Cc1nc2cc(N3CCCC(C(N)=O)C3)c(N)cc2s1. The van der Waals surface area contributed by atoms with Gasteiger partial charge in [0, 0.05) is 13.1 Å². The largest absolute Gasteiger partial charge is 0.397 e. The molecule has 0 radical (unpaired) electrons. The summed E-state index contributed by atoms with van der Waals surface area (Å²) in [6.45, 7) is 3.54. The minimum absolute atomic E-state index is 0.0870. The van der Waals surface area contributed by atoms with Crippen molar-refractivity contribution in [3.63, 3.8) is 0 Å². The van der Waals surface area contributed by atoms with Gasteiger partial charge in [-0.15, -0.1) is 11.3 Å². The van der Waals surface area contributed by atoms with Gasteiger partial charge in [0.05, 0.1) is 32.5 Å². The fraction of sp³-hybridized carbons (Fsp3) is 0.429. The lowest BCUT2D eigenvalue weighted by Gasteiger charge is -2.33. The summed E-state index contributed by atoms with van der Waals surface area (Å²) in [7, 11) is 0. The van der Waals surface area contributed by atoms with Gasteiger partial charge in [0.15, 0.2) is 0 Å². The molecule has 4 N–H and O–H groups in total. The van der Waals surface area contributed by atoms with E-state index >= 15 is 0 Å². The van der Waals surface area contributed by atoms with Crippen LogP contribution in [0.25, 0.3) is 10.2 Å². The number of hydrogen-bond donors (Lipinski definition) is 2. The molecule has 1 aromatic carbocycles.